The highest BCUT2D eigenvalue weighted by atomic mass is 16.6. The normalized spacial score (nSPS) is 15.7. The lowest BCUT2D eigenvalue weighted by atomic mass is 10.2. The number of carboxylic acids is 1. The average Bonchev–Trinajstić information content (AvgIpc) is 2.12. The predicted octanol–water partition coefficient (Wildman–Crippen LogP) is 0.140. The highest BCUT2D eigenvalue weighted by molar-refractivity contribution is 5.91. The zero-order valence-electron chi connectivity index (χ0n) is 7.84. The monoisotopic (exact) mass is 210 g/mol. The molecule has 1 aliphatic rings. The Morgan fingerprint density at radius 1 is 1.67 bits per heavy atom. The highest BCUT2D eigenvalue weighted by Crippen LogP contribution is 2.22. The molecule has 0 radical (unpaired) electrons. The fraction of sp³-hybridized carbons (Fsp3) is 0.333. The first-order valence-electron chi connectivity index (χ1n) is 4.40. The predicted molar refractivity (Wildman–Crippen MR) is 50.8 cm³/mol. The summed E-state index contributed by atoms with van der Waals surface area (Å²) in [4.78, 5) is 14.6. The quantitative estimate of drug-likeness (QED) is 0.736. The molecule has 0 atom stereocenters. The first-order chi connectivity index (χ1) is 7.16. The third kappa shape index (κ3) is 1.99. The van der Waals surface area contributed by atoms with Gasteiger partial charge in [-0.3, -0.25) is 0 Å². The van der Waals surface area contributed by atoms with Crippen LogP contribution in [0.15, 0.2) is 12.3 Å². The Kier molecular flexibility index (Phi) is 2.42. The van der Waals surface area contributed by atoms with Crippen LogP contribution in [0.4, 0.5) is 5.82 Å². The zero-order valence-corrected chi connectivity index (χ0v) is 7.84. The van der Waals surface area contributed by atoms with Crippen molar-refractivity contribution in [1.82, 2.24) is 4.98 Å². The maximum absolute atomic E-state index is 10.9. The molecule has 3 N–H and O–H groups in total. The molecule has 2 rings (SSSR count). The highest BCUT2D eigenvalue weighted by Gasteiger charge is 2.23. The van der Waals surface area contributed by atoms with E-state index in [9.17, 15) is 4.79 Å². The molecule has 0 saturated carbocycles. The number of anilines is 1. The topological polar surface area (TPSA) is 94.7 Å². The third-order valence-corrected chi connectivity index (χ3v) is 2.02. The minimum Gasteiger partial charge on any atom is -0.483 e. The number of carboxylic acid groups (broad SMARTS) is 1. The molecule has 0 aromatic carbocycles. The largest absolute Gasteiger partial charge is 0.483 e. The van der Waals surface area contributed by atoms with Gasteiger partial charge in [0.15, 0.2) is 5.75 Å². The van der Waals surface area contributed by atoms with Crippen molar-refractivity contribution in [3.05, 3.63) is 17.8 Å². The maximum Gasteiger partial charge on any atom is 0.339 e. The lowest BCUT2D eigenvalue weighted by Gasteiger charge is -2.27. The van der Waals surface area contributed by atoms with Crippen molar-refractivity contribution in [2.24, 2.45) is 0 Å². The van der Waals surface area contributed by atoms with Crippen molar-refractivity contribution in [2.75, 3.05) is 18.9 Å². The Morgan fingerprint density at radius 2 is 2.40 bits per heavy atom. The Morgan fingerprint density at radius 3 is 2.93 bits per heavy atom. The van der Waals surface area contributed by atoms with Gasteiger partial charge in [0.25, 0.3) is 0 Å². The third-order valence-electron chi connectivity index (χ3n) is 2.02. The second-order valence-corrected chi connectivity index (χ2v) is 3.19. The number of aromatic carboxylic acids is 1. The summed E-state index contributed by atoms with van der Waals surface area (Å²) in [5.74, 6) is -0.700. The van der Waals surface area contributed by atoms with Crippen molar-refractivity contribution >= 4 is 11.8 Å². The van der Waals surface area contributed by atoms with E-state index in [0.29, 0.717) is 13.2 Å². The van der Waals surface area contributed by atoms with Crippen molar-refractivity contribution in [2.45, 2.75) is 6.10 Å². The molecule has 2 heterocycles. The first kappa shape index (κ1) is 9.72. The summed E-state index contributed by atoms with van der Waals surface area (Å²) in [6.07, 6.45) is 1.23. The van der Waals surface area contributed by atoms with Crippen molar-refractivity contribution in [1.29, 1.82) is 0 Å². The Bertz CT molecular complexity index is 390. The summed E-state index contributed by atoms with van der Waals surface area (Å²) in [6, 6.07) is 1.27. The summed E-state index contributed by atoms with van der Waals surface area (Å²) < 4.78 is 10.3. The molecule has 6 nitrogen and oxygen atoms in total. The number of nitrogens with two attached hydrogens (primary N) is 1. The summed E-state index contributed by atoms with van der Waals surface area (Å²) in [6.45, 7) is 0.951. The Balaban J connectivity index is 2.23. The van der Waals surface area contributed by atoms with Gasteiger partial charge in [0.2, 0.25) is 0 Å². The van der Waals surface area contributed by atoms with Gasteiger partial charge >= 0.3 is 5.97 Å². The summed E-state index contributed by atoms with van der Waals surface area (Å²) in [5.41, 5.74) is 5.41. The number of carbonyl (C=O) groups is 1. The average molecular weight is 210 g/mol. The number of hydrogen-bond acceptors (Lipinski definition) is 5. The van der Waals surface area contributed by atoms with Crippen molar-refractivity contribution in [3.63, 3.8) is 0 Å². The number of aromatic nitrogens is 1. The van der Waals surface area contributed by atoms with Crippen molar-refractivity contribution < 1.29 is 19.4 Å². The van der Waals surface area contributed by atoms with Gasteiger partial charge in [-0.25, -0.2) is 9.78 Å². The van der Waals surface area contributed by atoms with Crippen LogP contribution in [0.1, 0.15) is 10.4 Å². The minimum atomic E-state index is -1.08. The molecule has 80 valence electrons. The summed E-state index contributed by atoms with van der Waals surface area (Å²) in [7, 11) is 0. The van der Waals surface area contributed by atoms with Gasteiger partial charge in [-0.1, -0.05) is 0 Å². The number of nitrogen functional groups attached to an aromatic ring is 1. The van der Waals surface area contributed by atoms with E-state index in [-0.39, 0.29) is 23.2 Å². The van der Waals surface area contributed by atoms with E-state index in [0.717, 1.165) is 0 Å². The van der Waals surface area contributed by atoms with Gasteiger partial charge in [0.05, 0.1) is 19.4 Å². The van der Waals surface area contributed by atoms with Crippen LogP contribution < -0.4 is 10.5 Å². The van der Waals surface area contributed by atoms with Gasteiger partial charge in [-0.15, -0.1) is 0 Å². The molecular formula is C9H10N2O4. The molecule has 0 spiro atoms. The van der Waals surface area contributed by atoms with E-state index in [1.54, 1.807) is 0 Å². The minimum absolute atomic E-state index is 0.0226. The van der Waals surface area contributed by atoms with E-state index in [1.807, 2.05) is 0 Å². The zero-order chi connectivity index (χ0) is 10.8. The molecule has 15 heavy (non-hydrogen) atoms. The Labute approximate surface area is 85.6 Å². The van der Waals surface area contributed by atoms with Gasteiger partial charge in [0.1, 0.15) is 17.5 Å². The van der Waals surface area contributed by atoms with Crippen LogP contribution in [-0.2, 0) is 4.74 Å². The molecule has 1 aromatic rings. The number of rotatable bonds is 3. The second kappa shape index (κ2) is 3.74. The van der Waals surface area contributed by atoms with Crippen LogP contribution in [0.5, 0.6) is 5.75 Å². The summed E-state index contributed by atoms with van der Waals surface area (Å²) >= 11 is 0. The van der Waals surface area contributed by atoms with E-state index in [2.05, 4.69) is 4.98 Å². The molecule has 0 aliphatic carbocycles. The van der Waals surface area contributed by atoms with Crippen molar-refractivity contribution in [3.8, 4) is 5.75 Å². The standard InChI is InChI=1S/C9H10N2O4/c10-8-1-6(9(12)13)7(2-11-8)15-5-3-14-4-5/h1-2,5H,3-4H2,(H2,10,11)(H,12,13). The van der Waals surface area contributed by atoms with E-state index >= 15 is 0 Å². The fourth-order valence-corrected chi connectivity index (χ4v) is 1.18. The van der Waals surface area contributed by atoms with Gasteiger partial charge in [-0.05, 0) is 6.07 Å². The Hall–Kier alpha value is -1.82. The molecule has 1 aromatic heterocycles. The lowest BCUT2D eigenvalue weighted by Crippen LogP contribution is -2.38. The van der Waals surface area contributed by atoms with Crippen LogP contribution in [0.2, 0.25) is 0 Å². The molecule has 1 saturated heterocycles. The maximum atomic E-state index is 10.9. The molecule has 1 fully saturated rings. The number of ether oxygens (including phenoxy) is 2. The number of hydrogen-bond donors (Lipinski definition) is 2. The van der Waals surface area contributed by atoms with E-state index in [4.69, 9.17) is 20.3 Å². The molecule has 0 amide bonds. The smallest absolute Gasteiger partial charge is 0.339 e. The first-order valence-corrected chi connectivity index (χ1v) is 4.40. The van der Waals surface area contributed by atoms with Gasteiger partial charge in [0, 0.05) is 0 Å². The van der Waals surface area contributed by atoms with Gasteiger partial charge < -0.3 is 20.3 Å². The van der Waals surface area contributed by atoms with E-state index in [1.165, 1.54) is 12.3 Å². The number of nitrogens with zero attached hydrogens (tertiary/aromatic N) is 1. The molecule has 1 aliphatic heterocycles. The van der Waals surface area contributed by atoms with Gasteiger partial charge in [-0.2, -0.15) is 0 Å². The fourth-order valence-electron chi connectivity index (χ4n) is 1.18. The second-order valence-electron chi connectivity index (χ2n) is 3.19. The van der Waals surface area contributed by atoms with Crippen LogP contribution in [0.25, 0.3) is 0 Å². The molecule has 0 unspecified atom stereocenters. The van der Waals surface area contributed by atoms with Crippen LogP contribution in [0, 0.1) is 0 Å². The van der Waals surface area contributed by atoms with Crippen LogP contribution >= 0.6 is 0 Å². The molecule has 6 heteroatoms. The van der Waals surface area contributed by atoms with Crippen LogP contribution in [-0.4, -0.2) is 35.4 Å². The summed E-state index contributed by atoms with van der Waals surface area (Å²) in [5, 5.41) is 8.90. The molecular weight excluding hydrogens is 200 g/mol. The van der Waals surface area contributed by atoms with Crippen LogP contribution in [0.3, 0.4) is 0 Å². The SMILES string of the molecule is Nc1cc(C(=O)O)c(OC2COC2)cn1. The van der Waals surface area contributed by atoms with E-state index < -0.39 is 5.97 Å². The molecule has 0 bridgehead atoms. The lowest BCUT2D eigenvalue weighted by molar-refractivity contribution is -0.0800. The number of pyridine rings is 1.